The maximum absolute atomic E-state index is 13.0. The molecule has 158 valence electrons. The van der Waals surface area contributed by atoms with Crippen molar-refractivity contribution in [3.8, 4) is 18.1 Å². The van der Waals surface area contributed by atoms with Gasteiger partial charge >= 0.3 is 0 Å². The number of benzene rings is 2. The van der Waals surface area contributed by atoms with Crippen molar-refractivity contribution in [2.45, 2.75) is 11.3 Å². The highest BCUT2D eigenvalue weighted by Crippen LogP contribution is 2.21. The first-order valence-electron chi connectivity index (χ1n) is 9.66. The van der Waals surface area contributed by atoms with E-state index in [9.17, 15) is 13.2 Å². The number of rotatable bonds is 6. The number of ether oxygens (including phenoxy) is 1. The Hall–Kier alpha value is -3.02. The minimum atomic E-state index is -3.75. The summed E-state index contributed by atoms with van der Waals surface area (Å²) < 4.78 is 32.1. The summed E-state index contributed by atoms with van der Waals surface area (Å²) in [5.74, 6) is 2.86. The van der Waals surface area contributed by atoms with Crippen molar-refractivity contribution in [2.24, 2.45) is 0 Å². The Bertz CT molecular complexity index is 1030. The molecule has 0 saturated carbocycles. The summed E-state index contributed by atoms with van der Waals surface area (Å²) in [4.78, 5) is 17.0. The Morgan fingerprint density at radius 1 is 1.13 bits per heavy atom. The van der Waals surface area contributed by atoms with E-state index in [1.165, 1.54) is 12.1 Å². The molecule has 8 heteroatoms. The van der Waals surface area contributed by atoms with E-state index < -0.39 is 10.0 Å². The second-order valence-electron chi connectivity index (χ2n) is 6.89. The van der Waals surface area contributed by atoms with Gasteiger partial charge in [0.05, 0.1) is 18.6 Å². The molecule has 0 radical (unpaired) electrons. The molecule has 0 aromatic heterocycles. The van der Waals surface area contributed by atoms with E-state index in [-0.39, 0.29) is 17.3 Å². The molecule has 1 amide bonds. The van der Waals surface area contributed by atoms with Crippen LogP contribution in [0.1, 0.15) is 16.8 Å². The van der Waals surface area contributed by atoms with Crippen LogP contribution in [0, 0.1) is 12.3 Å². The molecule has 2 aromatic carbocycles. The van der Waals surface area contributed by atoms with Crippen molar-refractivity contribution in [1.29, 1.82) is 0 Å². The molecule has 1 N–H and O–H groups in total. The molecule has 1 saturated heterocycles. The molecule has 0 spiro atoms. The van der Waals surface area contributed by atoms with Crippen LogP contribution >= 0.6 is 0 Å². The third kappa shape index (κ3) is 5.12. The van der Waals surface area contributed by atoms with Crippen LogP contribution in [0.4, 0.5) is 5.69 Å². The lowest BCUT2D eigenvalue weighted by molar-refractivity contribution is 0.0767. The Labute approximate surface area is 177 Å². The number of nitrogens with zero attached hydrogens (tertiary/aromatic N) is 2. The Morgan fingerprint density at radius 2 is 1.90 bits per heavy atom. The number of nitrogens with one attached hydrogen (secondary N) is 1. The fourth-order valence-electron chi connectivity index (χ4n) is 3.37. The fraction of sp³-hybridized carbons (Fsp3) is 0.318. The molecule has 30 heavy (non-hydrogen) atoms. The number of anilines is 1. The van der Waals surface area contributed by atoms with Gasteiger partial charge in [0, 0.05) is 37.4 Å². The lowest BCUT2D eigenvalue weighted by Gasteiger charge is -2.24. The second-order valence-corrected chi connectivity index (χ2v) is 8.65. The zero-order valence-corrected chi connectivity index (χ0v) is 17.7. The van der Waals surface area contributed by atoms with Gasteiger partial charge in [-0.05, 0) is 48.9 Å². The van der Waals surface area contributed by atoms with Gasteiger partial charge in [0.2, 0.25) is 10.0 Å². The molecule has 0 unspecified atom stereocenters. The maximum Gasteiger partial charge on any atom is 0.253 e. The molecule has 2 aromatic rings. The molecular weight excluding hydrogens is 402 g/mol. The summed E-state index contributed by atoms with van der Waals surface area (Å²) in [6.45, 7) is 2.59. The lowest BCUT2D eigenvalue weighted by Crippen LogP contribution is -2.35. The molecule has 1 heterocycles. The van der Waals surface area contributed by atoms with Crippen molar-refractivity contribution < 1.29 is 17.9 Å². The van der Waals surface area contributed by atoms with E-state index in [1.807, 2.05) is 24.3 Å². The molecule has 1 fully saturated rings. The van der Waals surface area contributed by atoms with Gasteiger partial charge in [-0.1, -0.05) is 12.0 Å². The summed E-state index contributed by atoms with van der Waals surface area (Å²) in [7, 11) is -2.11. The number of sulfonamides is 1. The minimum Gasteiger partial charge on any atom is -0.497 e. The zero-order valence-electron chi connectivity index (χ0n) is 16.9. The molecule has 0 atom stereocenters. The van der Waals surface area contributed by atoms with Crippen molar-refractivity contribution in [1.82, 2.24) is 9.62 Å². The highest BCUT2D eigenvalue weighted by molar-refractivity contribution is 7.89. The molecular formula is C22H25N3O4S. The SMILES string of the molecule is C#CCNS(=O)(=O)c1cccc(C(=O)N2CCCN(c3ccc(OC)cc3)CC2)c1. The normalized spacial score (nSPS) is 14.7. The average molecular weight is 428 g/mol. The molecule has 3 rings (SSSR count). The molecule has 1 aliphatic heterocycles. The van der Waals surface area contributed by atoms with E-state index >= 15 is 0 Å². The largest absolute Gasteiger partial charge is 0.497 e. The highest BCUT2D eigenvalue weighted by Gasteiger charge is 2.22. The second kappa shape index (κ2) is 9.65. The summed E-state index contributed by atoms with van der Waals surface area (Å²) in [5, 5.41) is 0. The first-order chi connectivity index (χ1) is 14.4. The number of hydrogen-bond donors (Lipinski definition) is 1. The van der Waals surface area contributed by atoms with Crippen LogP contribution < -0.4 is 14.4 Å². The van der Waals surface area contributed by atoms with Crippen molar-refractivity contribution in [2.75, 3.05) is 44.7 Å². The van der Waals surface area contributed by atoms with Crippen LogP contribution in [0.25, 0.3) is 0 Å². The van der Waals surface area contributed by atoms with Gasteiger partial charge in [0.25, 0.3) is 5.91 Å². The van der Waals surface area contributed by atoms with Crippen molar-refractivity contribution in [3.05, 3.63) is 54.1 Å². The zero-order chi connectivity index (χ0) is 21.6. The van der Waals surface area contributed by atoms with Crippen molar-refractivity contribution in [3.63, 3.8) is 0 Å². The summed E-state index contributed by atoms with van der Waals surface area (Å²) >= 11 is 0. The number of methoxy groups -OCH3 is 1. The third-order valence-corrected chi connectivity index (χ3v) is 6.38. The van der Waals surface area contributed by atoms with Gasteiger partial charge in [0.1, 0.15) is 5.75 Å². The fourth-order valence-corrected chi connectivity index (χ4v) is 4.35. The predicted octanol–water partition coefficient (Wildman–Crippen LogP) is 1.96. The summed E-state index contributed by atoms with van der Waals surface area (Å²) in [6, 6.07) is 13.9. The van der Waals surface area contributed by atoms with Crippen LogP contribution in [-0.4, -0.2) is 59.1 Å². The Morgan fingerprint density at radius 3 is 2.60 bits per heavy atom. The van der Waals surface area contributed by atoms with E-state index in [0.717, 1.165) is 24.4 Å². The first kappa shape index (κ1) is 21.7. The van der Waals surface area contributed by atoms with Crippen LogP contribution in [-0.2, 0) is 10.0 Å². The van der Waals surface area contributed by atoms with Gasteiger partial charge in [-0.2, -0.15) is 4.72 Å². The van der Waals surface area contributed by atoms with Crippen LogP contribution in [0.15, 0.2) is 53.4 Å². The standard InChI is InChI=1S/C22H25N3O4S/c1-3-12-23-30(27,28)21-7-4-6-18(17-21)22(26)25-14-5-13-24(15-16-25)19-8-10-20(29-2)11-9-19/h1,4,6-11,17,23H,5,12-16H2,2H3. The topological polar surface area (TPSA) is 79.0 Å². The summed E-state index contributed by atoms with van der Waals surface area (Å²) in [5.41, 5.74) is 1.43. The average Bonchev–Trinajstić information content (AvgIpc) is 3.04. The van der Waals surface area contributed by atoms with Crippen molar-refractivity contribution >= 4 is 21.6 Å². The van der Waals surface area contributed by atoms with Gasteiger partial charge in [-0.3, -0.25) is 4.79 Å². The van der Waals surface area contributed by atoms with E-state index in [2.05, 4.69) is 15.5 Å². The van der Waals surface area contributed by atoms with Gasteiger partial charge in [-0.25, -0.2) is 8.42 Å². The van der Waals surface area contributed by atoms with Crippen LogP contribution in [0.2, 0.25) is 0 Å². The predicted molar refractivity (Wildman–Crippen MR) is 116 cm³/mol. The molecule has 1 aliphatic rings. The number of hydrogen-bond acceptors (Lipinski definition) is 5. The molecule has 0 bridgehead atoms. The maximum atomic E-state index is 13.0. The lowest BCUT2D eigenvalue weighted by atomic mass is 10.2. The Balaban J connectivity index is 1.70. The quantitative estimate of drug-likeness (QED) is 0.713. The molecule has 7 nitrogen and oxygen atoms in total. The van der Waals surface area contributed by atoms with Gasteiger partial charge in [0.15, 0.2) is 0 Å². The van der Waals surface area contributed by atoms with Gasteiger partial charge < -0.3 is 14.5 Å². The summed E-state index contributed by atoms with van der Waals surface area (Å²) in [6.07, 6.45) is 5.94. The first-order valence-corrected chi connectivity index (χ1v) is 11.1. The smallest absolute Gasteiger partial charge is 0.253 e. The minimum absolute atomic E-state index is 0.0262. The van der Waals surface area contributed by atoms with Crippen LogP contribution in [0.5, 0.6) is 5.75 Å². The van der Waals surface area contributed by atoms with Crippen LogP contribution in [0.3, 0.4) is 0 Å². The highest BCUT2D eigenvalue weighted by atomic mass is 32.2. The Kier molecular flexibility index (Phi) is 6.98. The third-order valence-electron chi connectivity index (χ3n) is 4.98. The molecule has 0 aliphatic carbocycles. The monoisotopic (exact) mass is 427 g/mol. The van der Waals surface area contributed by atoms with E-state index in [1.54, 1.807) is 24.1 Å². The number of amides is 1. The number of carbonyl (C=O) groups excluding carboxylic acids is 1. The number of terminal acetylenes is 1. The van der Waals surface area contributed by atoms with E-state index in [4.69, 9.17) is 11.2 Å². The van der Waals surface area contributed by atoms with Gasteiger partial charge in [-0.15, -0.1) is 6.42 Å². The number of carbonyl (C=O) groups is 1. The van der Waals surface area contributed by atoms with E-state index in [0.29, 0.717) is 25.2 Å².